The van der Waals surface area contributed by atoms with Gasteiger partial charge in [0.2, 0.25) is 0 Å². The maximum absolute atomic E-state index is 9.93. The minimum absolute atomic E-state index is 0.0760. The van der Waals surface area contributed by atoms with Gasteiger partial charge in [-0.3, -0.25) is 0 Å². The lowest BCUT2D eigenvalue weighted by atomic mass is 9.76. The van der Waals surface area contributed by atoms with Gasteiger partial charge in [-0.15, -0.1) is 0 Å². The van der Waals surface area contributed by atoms with Crippen LogP contribution in [0.15, 0.2) is 12.2 Å². The van der Waals surface area contributed by atoms with Crippen LogP contribution in [-0.4, -0.2) is 22.4 Å². The number of hydrogen-bond donors (Lipinski definition) is 2. The largest absolute Gasteiger partial charge is 0.392 e. The molecule has 0 unspecified atom stereocenters. The van der Waals surface area contributed by atoms with Gasteiger partial charge in [0.15, 0.2) is 0 Å². The smallest absolute Gasteiger partial charge is 0.0682 e. The first-order valence-electron chi connectivity index (χ1n) is 4.67. The highest BCUT2D eigenvalue weighted by Crippen LogP contribution is 2.34. The van der Waals surface area contributed by atoms with Gasteiger partial charge in [-0.1, -0.05) is 25.0 Å². The van der Waals surface area contributed by atoms with Crippen LogP contribution in [0.3, 0.4) is 0 Å². The predicted molar refractivity (Wildman–Crippen MR) is 48.8 cm³/mol. The van der Waals surface area contributed by atoms with Gasteiger partial charge in [-0.2, -0.15) is 0 Å². The molecule has 2 atom stereocenters. The maximum atomic E-state index is 9.93. The third kappa shape index (κ3) is 2.32. The summed E-state index contributed by atoms with van der Waals surface area (Å²) in [5.74, 6) is 0.235. The zero-order chi connectivity index (χ0) is 9.03. The monoisotopic (exact) mass is 170 g/mol. The number of aliphatic hydroxyl groups excluding tert-OH is 1. The van der Waals surface area contributed by atoms with E-state index in [0.717, 1.165) is 19.3 Å². The van der Waals surface area contributed by atoms with E-state index in [9.17, 15) is 5.11 Å². The summed E-state index contributed by atoms with van der Waals surface area (Å²) in [4.78, 5) is 0. The van der Waals surface area contributed by atoms with Crippen molar-refractivity contribution in [3.63, 3.8) is 0 Å². The van der Waals surface area contributed by atoms with E-state index in [0.29, 0.717) is 0 Å². The average molecular weight is 170 g/mol. The Hall–Kier alpha value is -0.340. The van der Waals surface area contributed by atoms with Crippen molar-refractivity contribution in [2.75, 3.05) is 6.61 Å². The summed E-state index contributed by atoms with van der Waals surface area (Å²) in [6.07, 6.45) is 7.91. The van der Waals surface area contributed by atoms with E-state index in [1.807, 2.05) is 13.0 Å². The molecule has 70 valence electrons. The Morgan fingerprint density at radius 2 is 2.25 bits per heavy atom. The Bertz CT molecular complexity index is 161. The normalized spacial score (nSPS) is 37.4. The summed E-state index contributed by atoms with van der Waals surface area (Å²) in [7, 11) is 0. The molecule has 0 aromatic carbocycles. The van der Waals surface area contributed by atoms with Gasteiger partial charge >= 0.3 is 0 Å². The van der Waals surface area contributed by atoms with Crippen LogP contribution in [0.25, 0.3) is 0 Å². The Kier molecular flexibility index (Phi) is 3.29. The molecule has 0 heterocycles. The molecular weight excluding hydrogens is 152 g/mol. The quantitative estimate of drug-likeness (QED) is 0.616. The van der Waals surface area contributed by atoms with Crippen molar-refractivity contribution in [1.29, 1.82) is 0 Å². The maximum Gasteiger partial charge on any atom is 0.0682 e. The fraction of sp³-hybridized carbons (Fsp3) is 0.800. The standard InChI is InChI=1S/C10H18O2/c1-10(12)7-3-2-5-9(10)6-4-8-11/h4,6,9,11-12H,2-3,5,7-8H2,1H3/b6-4+/t9-,10+/m1/s1. The topological polar surface area (TPSA) is 40.5 Å². The average Bonchev–Trinajstić information content (AvgIpc) is 2.02. The molecule has 1 aliphatic rings. The SMILES string of the molecule is C[C@]1(O)CCCC[C@@H]1/C=C/CO. The number of rotatable bonds is 2. The Morgan fingerprint density at radius 3 is 2.83 bits per heavy atom. The van der Waals surface area contributed by atoms with Crippen LogP contribution in [0.1, 0.15) is 32.6 Å². The molecule has 2 nitrogen and oxygen atoms in total. The zero-order valence-corrected chi connectivity index (χ0v) is 7.66. The molecule has 0 aliphatic heterocycles. The van der Waals surface area contributed by atoms with Gasteiger partial charge in [-0.25, -0.2) is 0 Å². The van der Waals surface area contributed by atoms with Crippen LogP contribution in [0.2, 0.25) is 0 Å². The van der Waals surface area contributed by atoms with Crippen molar-refractivity contribution in [2.45, 2.75) is 38.2 Å². The van der Waals surface area contributed by atoms with Crippen molar-refractivity contribution in [1.82, 2.24) is 0 Å². The van der Waals surface area contributed by atoms with Crippen molar-refractivity contribution in [2.24, 2.45) is 5.92 Å². The third-order valence-electron chi connectivity index (χ3n) is 2.72. The predicted octanol–water partition coefficient (Wildman–Crippen LogP) is 1.48. The van der Waals surface area contributed by atoms with Crippen LogP contribution >= 0.6 is 0 Å². The van der Waals surface area contributed by atoms with Crippen molar-refractivity contribution >= 4 is 0 Å². The highest BCUT2D eigenvalue weighted by Gasteiger charge is 2.32. The molecule has 0 aromatic heterocycles. The fourth-order valence-corrected chi connectivity index (χ4v) is 1.87. The lowest BCUT2D eigenvalue weighted by molar-refractivity contribution is -0.0123. The Morgan fingerprint density at radius 1 is 1.50 bits per heavy atom. The molecule has 12 heavy (non-hydrogen) atoms. The fourth-order valence-electron chi connectivity index (χ4n) is 1.87. The molecule has 0 radical (unpaired) electrons. The van der Waals surface area contributed by atoms with E-state index in [1.54, 1.807) is 6.08 Å². The first-order valence-corrected chi connectivity index (χ1v) is 4.67. The van der Waals surface area contributed by atoms with Crippen LogP contribution in [0.4, 0.5) is 0 Å². The number of aliphatic hydroxyl groups is 2. The van der Waals surface area contributed by atoms with E-state index in [4.69, 9.17) is 5.11 Å². The van der Waals surface area contributed by atoms with E-state index >= 15 is 0 Å². The summed E-state index contributed by atoms with van der Waals surface area (Å²) in [5, 5.41) is 18.5. The summed E-state index contributed by atoms with van der Waals surface area (Å²) >= 11 is 0. The second kappa shape index (κ2) is 4.06. The lowest BCUT2D eigenvalue weighted by Crippen LogP contribution is -2.36. The minimum Gasteiger partial charge on any atom is -0.392 e. The van der Waals surface area contributed by atoms with Gasteiger partial charge in [0, 0.05) is 5.92 Å². The Balaban J connectivity index is 2.54. The first kappa shape index (κ1) is 9.75. The van der Waals surface area contributed by atoms with Gasteiger partial charge in [-0.05, 0) is 19.8 Å². The molecule has 0 saturated heterocycles. The molecule has 0 bridgehead atoms. The summed E-state index contributed by atoms with van der Waals surface area (Å²) in [6.45, 7) is 1.96. The molecule has 2 N–H and O–H groups in total. The van der Waals surface area contributed by atoms with Crippen LogP contribution in [0, 0.1) is 5.92 Å². The minimum atomic E-state index is -0.552. The Labute approximate surface area is 73.9 Å². The third-order valence-corrected chi connectivity index (χ3v) is 2.72. The van der Waals surface area contributed by atoms with Gasteiger partial charge in [0.1, 0.15) is 0 Å². The molecule has 1 aliphatic carbocycles. The van der Waals surface area contributed by atoms with Gasteiger partial charge in [0.25, 0.3) is 0 Å². The molecule has 1 saturated carbocycles. The van der Waals surface area contributed by atoms with Gasteiger partial charge in [0.05, 0.1) is 12.2 Å². The van der Waals surface area contributed by atoms with Crippen molar-refractivity contribution in [3.8, 4) is 0 Å². The zero-order valence-electron chi connectivity index (χ0n) is 7.66. The van der Waals surface area contributed by atoms with E-state index in [-0.39, 0.29) is 12.5 Å². The van der Waals surface area contributed by atoms with Crippen molar-refractivity contribution in [3.05, 3.63) is 12.2 Å². The molecule has 2 heteroatoms. The van der Waals surface area contributed by atoms with Gasteiger partial charge < -0.3 is 10.2 Å². The molecule has 0 amide bonds. The molecule has 1 rings (SSSR count). The van der Waals surface area contributed by atoms with Crippen molar-refractivity contribution < 1.29 is 10.2 Å². The van der Waals surface area contributed by atoms with Crippen LogP contribution < -0.4 is 0 Å². The number of hydrogen-bond acceptors (Lipinski definition) is 2. The van der Waals surface area contributed by atoms with E-state index in [2.05, 4.69) is 0 Å². The van der Waals surface area contributed by atoms with E-state index in [1.165, 1.54) is 6.42 Å². The molecule has 1 fully saturated rings. The van der Waals surface area contributed by atoms with E-state index < -0.39 is 5.60 Å². The molecule has 0 spiro atoms. The second-order valence-electron chi connectivity index (χ2n) is 3.82. The highest BCUT2D eigenvalue weighted by atomic mass is 16.3. The highest BCUT2D eigenvalue weighted by molar-refractivity contribution is 4.99. The lowest BCUT2D eigenvalue weighted by Gasteiger charge is -2.35. The summed E-state index contributed by atoms with van der Waals surface area (Å²) in [6, 6.07) is 0. The van der Waals surface area contributed by atoms with Crippen LogP contribution in [-0.2, 0) is 0 Å². The second-order valence-corrected chi connectivity index (χ2v) is 3.82. The first-order chi connectivity index (χ1) is 5.67. The van der Waals surface area contributed by atoms with Crippen LogP contribution in [0.5, 0.6) is 0 Å². The summed E-state index contributed by atoms with van der Waals surface area (Å²) < 4.78 is 0. The summed E-state index contributed by atoms with van der Waals surface area (Å²) in [5.41, 5.74) is -0.552. The molecular formula is C10H18O2. The molecule has 0 aromatic rings.